The van der Waals surface area contributed by atoms with E-state index >= 15 is 0 Å². The predicted molar refractivity (Wildman–Crippen MR) is 71.4 cm³/mol. The maximum atomic E-state index is 9.38. The van der Waals surface area contributed by atoms with Gasteiger partial charge in [-0.3, -0.25) is 0 Å². The highest BCUT2D eigenvalue weighted by molar-refractivity contribution is 8.00. The van der Waals surface area contributed by atoms with Gasteiger partial charge in [-0.1, -0.05) is 6.92 Å². The zero-order valence-electron chi connectivity index (χ0n) is 10.6. The van der Waals surface area contributed by atoms with Gasteiger partial charge in [-0.05, 0) is 13.8 Å². The Bertz CT molecular complexity index is 399. The highest BCUT2D eigenvalue weighted by Crippen LogP contribution is 2.29. The minimum atomic E-state index is 0.000354. The average molecular weight is 253 g/mol. The molecule has 2 atom stereocenters. The van der Waals surface area contributed by atoms with Crippen LogP contribution in [0.3, 0.4) is 0 Å². The van der Waals surface area contributed by atoms with E-state index in [1.807, 2.05) is 18.7 Å². The van der Waals surface area contributed by atoms with Gasteiger partial charge < -0.3 is 10.0 Å². The summed E-state index contributed by atoms with van der Waals surface area (Å²) in [5, 5.41) is 9.97. The smallest absolute Gasteiger partial charge is 0.138 e. The minimum Gasteiger partial charge on any atom is -0.391 e. The molecule has 0 bridgehead atoms. The first-order valence-corrected chi connectivity index (χ1v) is 7.00. The molecule has 0 aliphatic carbocycles. The Morgan fingerprint density at radius 1 is 1.53 bits per heavy atom. The van der Waals surface area contributed by atoms with Crippen molar-refractivity contribution < 1.29 is 5.11 Å². The lowest BCUT2D eigenvalue weighted by atomic mass is 10.2. The monoisotopic (exact) mass is 253 g/mol. The first kappa shape index (κ1) is 12.6. The standard InChI is InChI=1S/C12H19N3OS/c1-8-9(2)17-5-4-15(8)12-11(7-16)6-13-10(3)14-12/h6,8-9,16H,4-5,7H2,1-3H3. The van der Waals surface area contributed by atoms with Crippen molar-refractivity contribution in [3.05, 3.63) is 17.6 Å². The molecule has 94 valence electrons. The summed E-state index contributed by atoms with van der Waals surface area (Å²) in [6.45, 7) is 7.33. The van der Waals surface area contributed by atoms with Crippen molar-refractivity contribution >= 4 is 17.6 Å². The number of hydrogen-bond donors (Lipinski definition) is 1. The summed E-state index contributed by atoms with van der Waals surface area (Å²) in [6.07, 6.45) is 1.73. The van der Waals surface area contributed by atoms with Gasteiger partial charge in [-0.2, -0.15) is 11.8 Å². The molecule has 2 rings (SSSR count). The Hall–Kier alpha value is -0.810. The molecule has 17 heavy (non-hydrogen) atoms. The van der Waals surface area contributed by atoms with Crippen molar-refractivity contribution in [1.29, 1.82) is 0 Å². The summed E-state index contributed by atoms with van der Waals surface area (Å²) < 4.78 is 0. The molecule has 1 saturated heterocycles. The molecule has 2 heterocycles. The Morgan fingerprint density at radius 3 is 3.00 bits per heavy atom. The van der Waals surface area contributed by atoms with Crippen LogP contribution in [-0.2, 0) is 6.61 Å². The number of aliphatic hydroxyl groups excluding tert-OH is 1. The van der Waals surface area contributed by atoms with Crippen LogP contribution in [0.1, 0.15) is 25.2 Å². The topological polar surface area (TPSA) is 49.3 Å². The van der Waals surface area contributed by atoms with Crippen LogP contribution >= 0.6 is 11.8 Å². The van der Waals surface area contributed by atoms with E-state index in [2.05, 4.69) is 28.7 Å². The molecule has 1 aromatic rings. The molecule has 1 aliphatic rings. The Kier molecular flexibility index (Phi) is 3.89. The van der Waals surface area contributed by atoms with Crippen LogP contribution in [-0.4, -0.2) is 38.7 Å². The fraction of sp³-hybridized carbons (Fsp3) is 0.667. The molecule has 2 unspecified atom stereocenters. The summed E-state index contributed by atoms with van der Waals surface area (Å²) in [6, 6.07) is 0.438. The van der Waals surface area contributed by atoms with Crippen LogP contribution < -0.4 is 4.90 Å². The third-order valence-electron chi connectivity index (χ3n) is 3.29. The molecular formula is C12H19N3OS. The lowest BCUT2D eigenvalue weighted by molar-refractivity contribution is 0.280. The maximum Gasteiger partial charge on any atom is 0.138 e. The molecule has 1 aliphatic heterocycles. The van der Waals surface area contributed by atoms with Crippen molar-refractivity contribution in [2.24, 2.45) is 0 Å². The second-order valence-corrected chi connectivity index (χ2v) is 5.92. The van der Waals surface area contributed by atoms with Gasteiger partial charge >= 0.3 is 0 Å². The summed E-state index contributed by atoms with van der Waals surface area (Å²) in [5.74, 6) is 2.77. The van der Waals surface area contributed by atoms with Crippen LogP contribution in [0.2, 0.25) is 0 Å². The number of hydrogen-bond acceptors (Lipinski definition) is 5. The maximum absolute atomic E-state index is 9.38. The van der Waals surface area contributed by atoms with E-state index in [-0.39, 0.29) is 6.61 Å². The van der Waals surface area contributed by atoms with E-state index in [1.54, 1.807) is 6.20 Å². The van der Waals surface area contributed by atoms with Gasteiger partial charge in [0.05, 0.1) is 6.61 Å². The average Bonchev–Trinajstić information content (AvgIpc) is 2.33. The lowest BCUT2D eigenvalue weighted by Crippen LogP contribution is -2.45. The van der Waals surface area contributed by atoms with Gasteiger partial charge in [0.1, 0.15) is 11.6 Å². The highest BCUT2D eigenvalue weighted by Gasteiger charge is 2.27. The van der Waals surface area contributed by atoms with Gasteiger partial charge in [-0.25, -0.2) is 9.97 Å². The van der Waals surface area contributed by atoms with Crippen molar-refractivity contribution in [3.63, 3.8) is 0 Å². The zero-order chi connectivity index (χ0) is 12.4. The van der Waals surface area contributed by atoms with Crippen molar-refractivity contribution in [1.82, 2.24) is 9.97 Å². The van der Waals surface area contributed by atoms with Crippen molar-refractivity contribution in [2.75, 3.05) is 17.2 Å². The van der Waals surface area contributed by atoms with Gasteiger partial charge in [0.15, 0.2) is 0 Å². The van der Waals surface area contributed by atoms with E-state index in [4.69, 9.17) is 0 Å². The fourth-order valence-electron chi connectivity index (χ4n) is 2.08. The third-order valence-corrected chi connectivity index (χ3v) is 4.63. The van der Waals surface area contributed by atoms with E-state index in [1.165, 1.54) is 0 Å². The van der Waals surface area contributed by atoms with Gasteiger partial charge in [0, 0.05) is 35.3 Å². The molecule has 5 heteroatoms. The molecule has 0 spiro atoms. The molecule has 1 N–H and O–H groups in total. The normalized spacial score (nSPS) is 25.1. The number of aliphatic hydroxyl groups is 1. The first-order valence-electron chi connectivity index (χ1n) is 5.95. The van der Waals surface area contributed by atoms with Crippen LogP contribution in [0, 0.1) is 6.92 Å². The molecule has 0 aromatic carbocycles. The third kappa shape index (κ3) is 2.55. The van der Waals surface area contributed by atoms with Crippen molar-refractivity contribution in [2.45, 2.75) is 38.7 Å². The Morgan fingerprint density at radius 2 is 2.29 bits per heavy atom. The lowest BCUT2D eigenvalue weighted by Gasteiger charge is -2.39. The second-order valence-electron chi connectivity index (χ2n) is 4.43. The number of thioether (sulfide) groups is 1. The Labute approximate surface area is 106 Å². The SMILES string of the molecule is Cc1ncc(CO)c(N2CCSC(C)C2C)n1. The molecule has 0 saturated carbocycles. The first-order chi connectivity index (χ1) is 8.13. The van der Waals surface area contributed by atoms with Crippen LogP contribution in [0.25, 0.3) is 0 Å². The second kappa shape index (κ2) is 5.23. The summed E-state index contributed by atoms with van der Waals surface area (Å²) in [5.41, 5.74) is 0.821. The van der Waals surface area contributed by atoms with Gasteiger partial charge in [-0.15, -0.1) is 0 Å². The quantitative estimate of drug-likeness (QED) is 0.867. The van der Waals surface area contributed by atoms with Gasteiger partial charge in [0.25, 0.3) is 0 Å². The molecule has 1 aromatic heterocycles. The predicted octanol–water partition coefficient (Wildman–Crippen LogP) is 1.61. The Balaban J connectivity index is 2.34. The van der Waals surface area contributed by atoms with Gasteiger partial charge in [0.2, 0.25) is 0 Å². The van der Waals surface area contributed by atoms with Crippen LogP contribution in [0.15, 0.2) is 6.20 Å². The van der Waals surface area contributed by atoms with Crippen LogP contribution in [0.5, 0.6) is 0 Å². The summed E-state index contributed by atoms with van der Waals surface area (Å²) in [4.78, 5) is 10.9. The fourth-order valence-corrected chi connectivity index (χ4v) is 3.17. The summed E-state index contributed by atoms with van der Waals surface area (Å²) >= 11 is 1.99. The molecule has 0 amide bonds. The number of aromatic nitrogens is 2. The summed E-state index contributed by atoms with van der Waals surface area (Å²) in [7, 11) is 0. The molecule has 4 nitrogen and oxygen atoms in total. The van der Waals surface area contributed by atoms with Crippen molar-refractivity contribution in [3.8, 4) is 0 Å². The number of aryl methyl sites for hydroxylation is 1. The number of rotatable bonds is 2. The number of nitrogens with zero attached hydrogens (tertiary/aromatic N) is 3. The molecular weight excluding hydrogens is 234 g/mol. The van der Waals surface area contributed by atoms with E-state index < -0.39 is 0 Å². The molecule has 1 fully saturated rings. The molecule has 0 radical (unpaired) electrons. The largest absolute Gasteiger partial charge is 0.391 e. The van der Waals surface area contributed by atoms with E-state index in [0.717, 1.165) is 29.5 Å². The number of anilines is 1. The minimum absolute atomic E-state index is 0.000354. The zero-order valence-corrected chi connectivity index (χ0v) is 11.4. The highest BCUT2D eigenvalue weighted by atomic mass is 32.2. The van der Waals surface area contributed by atoms with E-state index in [0.29, 0.717) is 11.3 Å². The van der Waals surface area contributed by atoms with E-state index in [9.17, 15) is 5.11 Å². The van der Waals surface area contributed by atoms with Crippen LogP contribution in [0.4, 0.5) is 5.82 Å².